The number of hydrogen-bond donors (Lipinski definition) is 0. The van der Waals surface area contributed by atoms with E-state index < -0.39 is 0 Å². The topological polar surface area (TPSA) is 38.1 Å². The van der Waals surface area contributed by atoms with Crippen molar-refractivity contribution in [3.05, 3.63) is 64.8 Å². The lowest BCUT2D eigenvalue weighted by Crippen LogP contribution is -2.31. The van der Waals surface area contributed by atoms with Crippen LogP contribution in [0.1, 0.15) is 25.7 Å². The molecule has 0 amide bonds. The van der Waals surface area contributed by atoms with Crippen molar-refractivity contribution in [1.82, 2.24) is 14.5 Å². The predicted octanol–water partition coefficient (Wildman–Crippen LogP) is 4.53. The summed E-state index contributed by atoms with van der Waals surface area (Å²) in [5, 5.41) is 1.69. The molecule has 1 fully saturated rings. The number of nitrogens with zero attached hydrogens (tertiary/aromatic N) is 3. The summed E-state index contributed by atoms with van der Waals surface area (Å²) in [6.45, 7) is 4.45. The third kappa shape index (κ3) is 3.08. The molecule has 2 aromatic rings. The van der Waals surface area contributed by atoms with Crippen molar-refractivity contribution < 1.29 is 0 Å². The molecule has 0 atom stereocenters. The van der Waals surface area contributed by atoms with E-state index in [0.717, 1.165) is 52.7 Å². The Morgan fingerprint density at radius 1 is 0.857 bits per heavy atom. The van der Waals surface area contributed by atoms with Gasteiger partial charge in [0.25, 0.3) is 0 Å². The molecule has 2 aromatic carbocycles. The molecule has 3 aliphatic rings. The van der Waals surface area contributed by atoms with Crippen LogP contribution in [0.15, 0.2) is 59.4 Å². The van der Waals surface area contributed by atoms with Gasteiger partial charge in [0.2, 0.25) is 0 Å². The maximum Gasteiger partial charge on any atom is 0.188 e. The SMILES string of the molecule is O=c1cc2n(CCCN3CCCCC3)c3ccccc3nc-2c2ccccc12. The number of likely N-dealkylation sites (tertiary alicyclic amines) is 1. The van der Waals surface area contributed by atoms with E-state index in [1.165, 1.54) is 32.4 Å². The van der Waals surface area contributed by atoms with Crippen LogP contribution < -0.4 is 5.43 Å². The van der Waals surface area contributed by atoms with Crippen LogP contribution in [-0.4, -0.2) is 34.1 Å². The number of fused-ring (bicyclic) bond motifs is 4. The van der Waals surface area contributed by atoms with Crippen LogP contribution in [0, 0.1) is 0 Å². The zero-order valence-corrected chi connectivity index (χ0v) is 16.1. The van der Waals surface area contributed by atoms with Gasteiger partial charge in [-0.1, -0.05) is 42.8 Å². The normalized spacial score (nSPS) is 15.6. The maximum absolute atomic E-state index is 12.8. The van der Waals surface area contributed by atoms with Gasteiger partial charge in [-0.15, -0.1) is 0 Å². The van der Waals surface area contributed by atoms with Gasteiger partial charge >= 0.3 is 0 Å². The fourth-order valence-corrected chi connectivity index (χ4v) is 4.55. The molecule has 0 saturated carbocycles. The fraction of sp³-hybridized carbons (Fsp3) is 0.333. The number of hydrogen-bond acceptors (Lipinski definition) is 3. The van der Waals surface area contributed by atoms with Crippen molar-refractivity contribution in [2.24, 2.45) is 0 Å². The molecule has 0 bridgehead atoms. The summed E-state index contributed by atoms with van der Waals surface area (Å²) >= 11 is 0. The number of benzene rings is 3. The van der Waals surface area contributed by atoms with Gasteiger partial charge in [-0.2, -0.15) is 0 Å². The first-order valence-corrected chi connectivity index (χ1v) is 10.3. The Bertz CT molecular complexity index is 1160. The van der Waals surface area contributed by atoms with E-state index in [1.807, 2.05) is 30.3 Å². The molecule has 2 heterocycles. The quantitative estimate of drug-likeness (QED) is 0.391. The number of piperidine rings is 1. The molecule has 4 nitrogen and oxygen atoms in total. The molecule has 0 unspecified atom stereocenters. The minimum Gasteiger partial charge on any atom is -0.338 e. The highest BCUT2D eigenvalue weighted by atomic mass is 16.1. The zero-order chi connectivity index (χ0) is 18.9. The minimum absolute atomic E-state index is 0.0740. The first-order valence-electron chi connectivity index (χ1n) is 10.3. The molecule has 28 heavy (non-hydrogen) atoms. The summed E-state index contributed by atoms with van der Waals surface area (Å²) in [7, 11) is 0. The summed E-state index contributed by atoms with van der Waals surface area (Å²) < 4.78 is 2.30. The molecule has 0 aromatic heterocycles. The number of aryl methyl sites for hydroxylation is 1. The lowest BCUT2D eigenvalue weighted by Gasteiger charge is -2.27. The smallest absolute Gasteiger partial charge is 0.188 e. The second kappa shape index (κ2) is 7.36. The van der Waals surface area contributed by atoms with Crippen molar-refractivity contribution in [1.29, 1.82) is 0 Å². The average Bonchev–Trinajstić information content (AvgIpc) is 2.75. The van der Waals surface area contributed by atoms with Gasteiger partial charge < -0.3 is 9.47 Å². The second-order valence-corrected chi connectivity index (χ2v) is 7.80. The largest absolute Gasteiger partial charge is 0.338 e. The first-order chi connectivity index (χ1) is 13.8. The number of aromatic nitrogens is 2. The summed E-state index contributed by atoms with van der Waals surface area (Å²) in [6, 6.07) is 17.9. The molecule has 0 radical (unpaired) electrons. The van der Waals surface area contributed by atoms with E-state index in [9.17, 15) is 4.79 Å². The minimum atomic E-state index is 0.0740. The summed E-state index contributed by atoms with van der Waals surface area (Å²) in [4.78, 5) is 20.3. The van der Waals surface area contributed by atoms with E-state index in [0.29, 0.717) is 0 Å². The molecular weight excluding hydrogens is 346 g/mol. The highest BCUT2D eigenvalue weighted by Crippen LogP contribution is 2.30. The van der Waals surface area contributed by atoms with Crippen LogP contribution in [0.25, 0.3) is 33.2 Å². The molecule has 1 aliphatic carbocycles. The fourth-order valence-electron chi connectivity index (χ4n) is 4.55. The Morgan fingerprint density at radius 3 is 2.46 bits per heavy atom. The van der Waals surface area contributed by atoms with Crippen LogP contribution in [0.3, 0.4) is 0 Å². The average molecular weight is 371 g/mol. The number of para-hydroxylation sites is 2. The Hall–Kier alpha value is -2.72. The second-order valence-electron chi connectivity index (χ2n) is 7.80. The van der Waals surface area contributed by atoms with Crippen LogP contribution in [0.4, 0.5) is 0 Å². The maximum atomic E-state index is 12.8. The molecule has 2 aliphatic heterocycles. The molecule has 0 spiro atoms. The van der Waals surface area contributed by atoms with E-state index >= 15 is 0 Å². The van der Waals surface area contributed by atoms with Gasteiger partial charge in [-0.05, 0) is 51.0 Å². The highest BCUT2D eigenvalue weighted by Gasteiger charge is 2.17. The van der Waals surface area contributed by atoms with E-state index in [4.69, 9.17) is 4.98 Å². The van der Waals surface area contributed by atoms with Gasteiger partial charge in [0.15, 0.2) is 5.43 Å². The molecule has 0 N–H and O–H groups in total. The first kappa shape index (κ1) is 17.4. The van der Waals surface area contributed by atoms with Crippen molar-refractivity contribution in [2.45, 2.75) is 32.2 Å². The van der Waals surface area contributed by atoms with Crippen molar-refractivity contribution in [2.75, 3.05) is 19.6 Å². The molecule has 1 saturated heterocycles. The van der Waals surface area contributed by atoms with Gasteiger partial charge in [0, 0.05) is 23.4 Å². The summed E-state index contributed by atoms with van der Waals surface area (Å²) in [5.74, 6) is 0. The van der Waals surface area contributed by atoms with Crippen LogP contribution in [0.5, 0.6) is 0 Å². The Labute approximate surface area is 164 Å². The molecule has 5 rings (SSSR count). The summed E-state index contributed by atoms with van der Waals surface area (Å²) in [5.41, 5.74) is 4.03. The van der Waals surface area contributed by atoms with Crippen LogP contribution >= 0.6 is 0 Å². The predicted molar refractivity (Wildman–Crippen MR) is 115 cm³/mol. The molecule has 142 valence electrons. The Morgan fingerprint density at radius 2 is 1.61 bits per heavy atom. The monoisotopic (exact) mass is 371 g/mol. The lowest BCUT2D eigenvalue weighted by molar-refractivity contribution is 0.223. The van der Waals surface area contributed by atoms with Crippen LogP contribution in [0.2, 0.25) is 0 Å². The van der Waals surface area contributed by atoms with Gasteiger partial charge in [0.1, 0.15) is 0 Å². The van der Waals surface area contributed by atoms with Gasteiger partial charge in [-0.25, -0.2) is 4.98 Å². The Balaban J connectivity index is 1.61. The number of rotatable bonds is 4. The lowest BCUT2D eigenvalue weighted by atomic mass is 10.0. The zero-order valence-electron chi connectivity index (χ0n) is 16.1. The third-order valence-electron chi connectivity index (χ3n) is 5.96. The highest BCUT2D eigenvalue weighted by molar-refractivity contribution is 5.97. The van der Waals surface area contributed by atoms with E-state index in [2.05, 4.69) is 27.7 Å². The standard InChI is InChI=1S/C24H25N3O/c28-23-17-22-24(19-10-3-2-9-18(19)23)25-20-11-4-5-12-21(20)27(22)16-8-15-26-13-6-1-7-14-26/h2-5,9-12,17H,1,6-8,13-16H2. The van der Waals surface area contributed by atoms with Gasteiger partial charge in [-0.3, -0.25) is 4.79 Å². The summed E-state index contributed by atoms with van der Waals surface area (Å²) in [6.07, 6.45) is 5.08. The van der Waals surface area contributed by atoms with Gasteiger partial charge in [0.05, 0.1) is 22.4 Å². The van der Waals surface area contributed by atoms with E-state index in [1.54, 1.807) is 6.07 Å². The molecule has 4 heteroatoms. The van der Waals surface area contributed by atoms with Crippen LogP contribution in [-0.2, 0) is 6.54 Å². The third-order valence-corrected chi connectivity index (χ3v) is 5.96. The molecular formula is C24H25N3O. The Kier molecular flexibility index (Phi) is 4.57. The van der Waals surface area contributed by atoms with Crippen molar-refractivity contribution >= 4 is 21.8 Å². The van der Waals surface area contributed by atoms with E-state index in [-0.39, 0.29) is 5.43 Å². The van der Waals surface area contributed by atoms with Crippen molar-refractivity contribution in [3.8, 4) is 11.4 Å². The van der Waals surface area contributed by atoms with Crippen molar-refractivity contribution in [3.63, 3.8) is 0 Å².